The zero-order chi connectivity index (χ0) is 26.9. The van der Waals surface area contributed by atoms with Gasteiger partial charge in [0.1, 0.15) is 6.73 Å². The van der Waals surface area contributed by atoms with Crippen LogP contribution in [0.15, 0.2) is 34.6 Å². The standard InChI is InChI=1S/C26H32N6O3S2Si/c1-17-18-9-8-12-31(25-27-19(15-36-25)24(33)34-2)23(18)30-29-22(17)28-26-32(16-35-13-14-38(3,4)5)20-10-6-7-11-21(20)37-26/h6-7,10-11,15H,8-9,12-14,16H2,1-5H3. The molecule has 38 heavy (non-hydrogen) atoms. The van der Waals surface area contributed by atoms with Crippen LogP contribution in [0.5, 0.6) is 0 Å². The van der Waals surface area contributed by atoms with Gasteiger partial charge in [0.25, 0.3) is 0 Å². The summed E-state index contributed by atoms with van der Waals surface area (Å²) in [6.45, 7) is 11.1. The van der Waals surface area contributed by atoms with Crippen LogP contribution < -0.4 is 9.70 Å². The fourth-order valence-corrected chi connectivity index (χ4v) is 6.90. The van der Waals surface area contributed by atoms with E-state index in [2.05, 4.69) is 58.4 Å². The molecule has 12 heteroatoms. The predicted molar refractivity (Wildman–Crippen MR) is 155 cm³/mol. The largest absolute Gasteiger partial charge is 0.464 e. The maximum atomic E-state index is 11.9. The summed E-state index contributed by atoms with van der Waals surface area (Å²) in [6.07, 6.45) is 1.83. The maximum Gasteiger partial charge on any atom is 0.357 e. The Morgan fingerprint density at radius 1 is 1.21 bits per heavy atom. The molecule has 0 spiro atoms. The van der Waals surface area contributed by atoms with Crippen molar-refractivity contribution >= 4 is 63.7 Å². The number of carbonyl (C=O) groups is 1. The molecule has 0 amide bonds. The lowest BCUT2D eigenvalue weighted by Crippen LogP contribution is -2.27. The van der Waals surface area contributed by atoms with Gasteiger partial charge in [-0.3, -0.25) is 4.57 Å². The Morgan fingerprint density at radius 2 is 2.03 bits per heavy atom. The number of para-hydroxylation sites is 1. The number of aromatic nitrogens is 4. The van der Waals surface area contributed by atoms with Gasteiger partial charge in [-0.2, -0.15) is 4.99 Å². The second kappa shape index (κ2) is 11.0. The first kappa shape index (κ1) is 26.7. The Kier molecular flexibility index (Phi) is 7.75. The van der Waals surface area contributed by atoms with E-state index in [0.29, 0.717) is 23.4 Å². The third kappa shape index (κ3) is 5.58. The molecule has 0 saturated carbocycles. The summed E-state index contributed by atoms with van der Waals surface area (Å²) in [7, 11) is 0.189. The van der Waals surface area contributed by atoms with Crippen LogP contribution in [-0.2, 0) is 22.6 Å². The fourth-order valence-electron chi connectivity index (χ4n) is 4.30. The molecule has 1 aromatic carbocycles. The quantitative estimate of drug-likeness (QED) is 0.153. The maximum absolute atomic E-state index is 11.9. The minimum absolute atomic E-state index is 0.303. The summed E-state index contributed by atoms with van der Waals surface area (Å²) in [6, 6.07) is 9.42. The van der Waals surface area contributed by atoms with Crippen molar-refractivity contribution in [1.29, 1.82) is 0 Å². The molecular formula is C26H32N6O3S2Si. The molecule has 4 aromatic rings. The highest BCUT2D eigenvalue weighted by molar-refractivity contribution is 7.16. The van der Waals surface area contributed by atoms with Crippen molar-refractivity contribution in [1.82, 2.24) is 19.7 Å². The average molecular weight is 569 g/mol. The molecule has 9 nitrogen and oxygen atoms in total. The highest BCUT2D eigenvalue weighted by Gasteiger charge is 2.26. The lowest BCUT2D eigenvalue weighted by Gasteiger charge is -2.28. The van der Waals surface area contributed by atoms with E-state index in [1.54, 1.807) is 16.7 Å². The minimum atomic E-state index is -1.17. The van der Waals surface area contributed by atoms with E-state index in [0.717, 1.165) is 64.0 Å². The number of benzene rings is 1. The lowest BCUT2D eigenvalue weighted by atomic mass is 10.0. The molecule has 0 radical (unpaired) electrons. The number of methoxy groups -OCH3 is 1. The monoisotopic (exact) mass is 568 g/mol. The van der Waals surface area contributed by atoms with Crippen molar-refractivity contribution < 1.29 is 14.3 Å². The average Bonchev–Trinajstić information content (AvgIpc) is 3.52. The Bertz CT molecular complexity index is 1540. The minimum Gasteiger partial charge on any atom is -0.464 e. The zero-order valence-electron chi connectivity index (χ0n) is 22.4. The highest BCUT2D eigenvalue weighted by Crippen LogP contribution is 2.36. The van der Waals surface area contributed by atoms with Gasteiger partial charge in [-0.05, 0) is 37.9 Å². The molecule has 1 aliphatic heterocycles. The summed E-state index contributed by atoms with van der Waals surface area (Å²) in [5, 5.41) is 11.6. The Balaban J connectivity index is 1.49. The zero-order valence-corrected chi connectivity index (χ0v) is 25.0. The summed E-state index contributed by atoms with van der Waals surface area (Å²) in [5.41, 5.74) is 3.52. The van der Waals surface area contributed by atoms with Gasteiger partial charge in [-0.1, -0.05) is 43.1 Å². The molecule has 5 rings (SSSR count). The Labute approximate surface area is 230 Å². The molecule has 0 bridgehead atoms. The topological polar surface area (TPSA) is 94.7 Å². The molecule has 1 aliphatic rings. The van der Waals surface area contributed by atoms with Gasteiger partial charge in [0, 0.05) is 37.7 Å². The van der Waals surface area contributed by atoms with Gasteiger partial charge >= 0.3 is 5.97 Å². The smallest absolute Gasteiger partial charge is 0.357 e. The number of anilines is 2. The molecule has 0 saturated heterocycles. The fraction of sp³-hybridized carbons (Fsp3) is 0.423. The number of esters is 1. The molecule has 200 valence electrons. The van der Waals surface area contributed by atoms with Crippen LogP contribution in [0.4, 0.5) is 16.8 Å². The van der Waals surface area contributed by atoms with Crippen molar-refractivity contribution in [3.8, 4) is 0 Å². The Morgan fingerprint density at radius 3 is 2.82 bits per heavy atom. The highest BCUT2D eigenvalue weighted by atomic mass is 32.1. The van der Waals surface area contributed by atoms with E-state index in [1.165, 1.54) is 18.4 Å². The van der Waals surface area contributed by atoms with Crippen molar-refractivity contribution in [2.24, 2.45) is 4.99 Å². The predicted octanol–water partition coefficient (Wildman–Crippen LogP) is 5.67. The van der Waals surface area contributed by atoms with E-state index in [-0.39, 0.29) is 0 Å². The van der Waals surface area contributed by atoms with E-state index >= 15 is 0 Å². The van der Waals surface area contributed by atoms with E-state index < -0.39 is 14.0 Å². The molecule has 0 atom stereocenters. The molecular weight excluding hydrogens is 537 g/mol. The first-order valence-corrected chi connectivity index (χ1v) is 18.0. The third-order valence-electron chi connectivity index (χ3n) is 6.49. The van der Waals surface area contributed by atoms with Gasteiger partial charge in [0.05, 0.1) is 17.3 Å². The third-order valence-corrected chi connectivity index (χ3v) is 10.1. The van der Waals surface area contributed by atoms with Crippen LogP contribution in [0, 0.1) is 6.92 Å². The van der Waals surface area contributed by atoms with Gasteiger partial charge < -0.3 is 14.4 Å². The van der Waals surface area contributed by atoms with Crippen molar-refractivity contribution in [2.45, 2.75) is 52.2 Å². The van der Waals surface area contributed by atoms with Gasteiger partial charge in [-0.15, -0.1) is 21.5 Å². The lowest BCUT2D eigenvalue weighted by molar-refractivity contribution is 0.0595. The van der Waals surface area contributed by atoms with Crippen molar-refractivity contribution in [3.05, 3.63) is 51.3 Å². The van der Waals surface area contributed by atoms with Crippen LogP contribution in [0.25, 0.3) is 10.2 Å². The normalized spacial score (nSPS) is 14.2. The molecule has 0 unspecified atom stereocenters. The summed E-state index contributed by atoms with van der Waals surface area (Å²) in [5.74, 6) is 0.946. The Hall–Kier alpha value is -2.93. The number of hydrogen-bond acceptors (Lipinski definition) is 10. The first-order chi connectivity index (χ1) is 18.2. The number of ether oxygens (including phenoxy) is 2. The summed E-state index contributed by atoms with van der Waals surface area (Å²) >= 11 is 3.03. The summed E-state index contributed by atoms with van der Waals surface area (Å²) < 4.78 is 14.2. The van der Waals surface area contributed by atoms with Crippen LogP contribution in [0.2, 0.25) is 25.7 Å². The van der Waals surface area contributed by atoms with Crippen molar-refractivity contribution in [2.75, 3.05) is 25.2 Å². The SMILES string of the molecule is COC(=O)c1csc(N2CCCc3c2nnc(N=c2sc4ccccc4n2COCC[Si](C)(C)C)c3C)n1. The second-order valence-electron chi connectivity index (χ2n) is 10.5. The number of rotatable bonds is 8. The number of hydrogen-bond donors (Lipinski definition) is 0. The number of thiazole rings is 2. The number of carbonyl (C=O) groups excluding carboxylic acids is 1. The van der Waals surface area contributed by atoms with Crippen LogP contribution in [0.3, 0.4) is 0 Å². The van der Waals surface area contributed by atoms with Crippen LogP contribution in [0.1, 0.15) is 28.0 Å². The molecule has 0 N–H and O–H groups in total. The molecule has 0 aliphatic carbocycles. The van der Waals surface area contributed by atoms with Gasteiger partial charge in [0.15, 0.2) is 27.3 Å². The molecule has 0 fully saturated rings. The van der Waals surface area contributed by atoms with Gasteiger partial charge in [0.2, 0.25) is 0 Å². The van der Waals surface area contributed by atoms with Crippen LogP contribution in [-0.4, -0.2) is 54.1 Å². The first-order valence-electron chi connectivity index (χ1n) is 12.6. The van der Waals surface area contributed by atoms with E-state index in [4.69, 9.17) is 14.5 Å². The van der Waals surface area contributed by atoms with Gasteiger partial charge in [-0.25, -0.2) is 9.78 Å². The second-order valence-corrected chi connectivity index (χ2v) is 17.9. The summed E-state index contributed by atoms with van der Waals surface area (Å²) in [4.78, 5) is 24.2. The van der Waals surface area contributed by atoms with E-state index in [9.17, 15) is 4.79 Å². The van der Waals surface area contributed by atoms with E-state index in [1.807, 2.05) is 17.0 Å². The molecule has 4 heterocycles. The molecule has 3 aromatic heterocycles. The van der Waals surface area contributed by atoms with Crippen molar-refractivity contribution in [3.63, 3.8) is 0 Å². The number of nitrogens with zero attached hydrogens (tertiary/aromatic N) is 6. The van der Waals surface area contributed by atoms with Crippen LogP contribution >= 0.6 is 22.7 Å². The number of fused-ring (bicyclic) bond motifs is 2.